The third-order valence-corrected chi connectivity index (χ3v) is 9.25. The maximum absolute atomic E-state index is 12.5. The van der Waals surface area contributed by atoms with Crippen molar-refractivity contribution in [2.24, 2.45) is 14.1 Å². The second kappa shape index (κ2) is 11.3. The summed E-state index contributed by atoms with van der Waals surface area (Å²) in [6.07, 6.45) is 0. The predicted octanol–water partition coefficient (Wildman–Crippen LogP) is 9.30. The summed E-state index contributed by atoms with van der Waals surface area (Å²) in [5.41, 5.74) is 10.4. The van der Waals surface area contributed by atoms with E-state index in [2.05, 4.69) is 60.7 Å². The summed E-state index contributed by atoms with van der Waals surface area (Å²) >= 11 is 0. The Hall–Kier alpha value is -6.60. The number of benzene rings is 6. The van der Waals surface area contributed by atoms with Crippen molar-refractivity contribution in [3.63, 3.8) is 0 Å². The van der Waals surface area contributed by atoms with Crippen molar-refractivity contribution in [3.8, 4) is 56.4 Å². The molecular formula is C42H29N5O2. The van der Waals surface area contributed by atoms with E-state index in [-0.39, 0.29) is 5.69 Å². The molecule has 0 radical (unpaired) electrons. The van der Waals surface area contributed by atoms with Crippen molar-refractivity contribution in [2.45, 2.75) is 0 Å². The number of nitrogens with zero attached hydrogens (tertiary/aromatic N) is 5. The van der Waals surface area contributed by atoms with Crippen molar-refractivity contribution in [3.05, 3.63) is 150 Å². The Balaban J connectivity index is 1.11. The van der Waals surface area contributed by atoms with E-state index in [0.717, 1.165) is 71.9 Å². The minimum absolute atomic E-state index is 0.0484. The molecule has 7 nitrogen and oxygen atoms in total. The van der Waals surface area contributed by atoms with Crippen LogP contribution in [0.3, 0.4) is 0 Å². The molecule has 0 saturated carbocycles. The van der Waals surface area contributed by atoms with Gasteiger partial charge in [0.15, 0.2) is 17.5 Å². The van der Waals surface area contributed by atoms with Gasteiger partial charge in [0.05, 0.1) is 11.0 Å². The van der Waals surface area contributed by atoms with Crippen LogP contribution in [-0.4, -0.2) is 24.1 Å². The van der Waals surface area contributed by atoms with Crippen LogP contribution in [-0.2, 0) is 14.1 Å². The van der Waals surface area contributed by atoms with Crippen molar-refractivity contribution in [1.29, 1.82) is 0 Å². The van der Waals surface area contributed by atoms with Crippen LogP contribution in [0.25, 0.3) is 89.4 Å². The highest BCUT2D eigenvalue weighted by molar-refractivity contribution is 6.06. The standard InChI is InChI=1S/C42H29N5O2/c1-46-35-21-19-31(25-36(35)47(2)42(46)48)29-11-8-12-32(23-29)41-44-39(27-9-4-3-5-10-27)43-40(45-41)28-17-15-26(16-18-28)30-20-22-38-34(24-30)33-13-6-7-14-37(33)49-38/h3-25H,1-2H3. The zero-order valence-electron chi connectivity index (χ0n) is 26.8. The van der Waals surface area contributed by atoms with E-state index in [4.69, 9.17) is 19.4 Å². The molecule has 0 aliphatic heterocycles. The highest BCUT2D eigenvalue weighted by Gasteiger charge is 2.15. The maximum Gasteiger partial charge on any atom is 0.328 e. The third kappa shape index (κ3) is 4.91. The Labute approximate surface area is 281 Å². The fourth-order valence-electron chi connectivity index (χ4n) is 6.59. The first-order chi connectivity index (χ1) is 24.0. The van der Waals surface area contributed by atoms with Gasteiger partial charge < -0.3 is 4.42 Å². The SMILES string of the molecule is Cn1c(=O)n(C)c2cc(-c3cccc(-c4nc(-c5ccccc5)nc(-c5ccc(-c6ccc7oc8ccccc8c7c6)cc5)n4)c3)ccc21. The molecule has 0 amide bonds. The minimum Gasteiger partial charge on any atom is -0.456 e. The molecule has 3 aromatic heterocycles. The topological polar surface area (TPSA) is 78.7 Å². The molecule has 234 valence electrons. The number of para-hydroxylation sites is 1. The summed E-state index contributed by atoms with van der Waals surface area (Å²) < 4.78 is 9.38. The fourth-order valence-corrected chi connectivity index (χ4v) is 6.59. The molecule has 3 heterocycles. The first kappa shape index (κ1) is 28.6. The molecule has 9 rings (SSSR count). The van der Waals surface area contributed by atoms with E-state index in [1.165, 1.54) is 0 Å². The Morgan fingerprint density at radius 1 is 0.429 bits per heavy atom. The molecule has 0 atom stereocenters. The first-order valence-electron chi connectivity index (χ1n) is 16.1. The highest BCUT2D eigenvalue weighted by Crippen LogP contribution is 2.34. The summed E-state index contributed by atoms with van der Waals surface area (Å²) in [4.78, 5) is 27.4. The van der Waals surface area contributed by atoms with E-state index < -0.39 is 0 Å². The second-order valence-electron chi connectivity index (χ2n) is 12.2. The summed E-state index contributed by atoms with van der Waals surface area (Å²) in [6.45, 7) is 0. The van der Waals surface area contributed by atoms with Gasteiger partial charge in [0.2, 0.25) is 0 Å². The molecule has 0 N–H and O–H groups in total. The van der Waals surface area contributed by atoms with Crippen LogP contribution in [0.2, 0.25) is 0 Å². The molecule has 7 heteroatoms. The molecule has 49 heavy (non-hydrogen) atoms. The average molecular weight is 636 g/mol. The molecule has 0 bridgehead atoms. The zero-order valence-corrected chi connectivity index (χ0v) is 26.8. The van der Waals surface area contributed by atoms with E-state index >= 15 is 0 Å². The summed E-state index contributed by atoms with van der Waals surface area (Å²) in [5, 5.41) is 2.21. The number of rotatable bonds is 5. The Morgan fingerprint density at radius 3 is 1.76 bits per heavy atom. The van der Waals surface area contributed by atoms with Crippen molar-refractivity contribution < 1.29 is 4.42 Å². The van der Waals surface area contributed by atoms with Crippen molar-refractivity contribution in [1.82, 2.24) is 24.1 Å². The van der Waals surface area contributed by atoms with Gasteiger partial charge in [-0.2, -0.15) is 0 Å². The number of imidazole rings is 1. The van der Waals surface area contributed by atoms with Crippen LogP contribution < -0.4 is 5.69 Å². The van der Waals surface area contributed by atoms with Crippen LogP contribution in [0.15, 0.2) is 149 Å². The second-order valence-corrected chi connectivity index (χ2v) is 12.2. The lowest BCUT2D eigenvalue weighted by Crippen LogP contribution is -2.19. The number of aromatic nitrogens is 5. The van der Waals surface area contributed by atoms with Crippen LogP contribution in [0.1, 0.15) is 0 Å². The van der Waals surface area contributed by atoms with E-state index in [1.807, 2.05) is 78.9 Å². The van der Waals surface area contributed by atoms with Gasteiger partial charge in [-0.3, -0.25) is 9.13 Å². The smallest absolute Gasteiger partial charge is 0.328 e. The maximum atomic E-state index is 12.5. The van der Waals surface area contributed by atoms with Crippen molar-refractivity contribution >= 4 is 33.0 Å². The molecule has 0 aliphatic carbocycles. The van der Waals surface area contributed by atoms with Crippen LogP contribution in [0, 0.1) is 0 Å². The molecule has 0 aliphatic rings. The van der Waals surface area contributed by atoms with Gasteiger partial charge in [0.1, 0.15) is 11.2 Å². The van der Waals surface area contributed by atoms with Crippen LogP contribution in [0.5, 0.6) is 0 Å². The lowest BCUT2D eigenvalue weighted by molar-refractivity contribution is 0.669. The normalized spacial score (nSPS) is 11.6. The van der Waals surface area contributed by atoms with Gasteiger partial charge in [-0.1, -0.05) is 103 Å². The van der Waals surface area contributed by atoms with Crippen molar-refractivity contribution in [2.75, 3.05) is 0 Å². The number of aryl methyl sites for hydroxylation is 2. The highest BCUT2D eigenvalue weighted by atomic mass is 16.3. The van der Waals surface area contributed by atoms with Gasteiger partial charge in [-0.15, -0.1) is 0 Å². The average Bonchev–Trinajstić information content (AvgIpc) is 3.64. The number of furan rings is 1. The first-order valence-corrected chi connectivity index (χ1v) is 16.1. The third-order valence-electron chi connectivity index (χ3n) is 9.25. The summed E-state index contributed by atoms with van der Waals surface area (Å²) in [6, 6.07) is 47.1. The van der Waals surface area contributed by atoms with Gasteiger partial charge in [-0.05, 0) is 58.7 Å². The van der Waals surface area contributed by atoms with E-state index in [9.17, 15) is 4.79 Å². The molecule has 0 unspecified atom stereocenters. The van der Waals surface area contributed by atoms with Gasteiger partial charge in [0, 0.05) is 41.6 Å². The van der Waals surface area contributed by atoms with Gasteiger partial charge >= 0.3 is 5.69 Å². The summed E-state index contributed by atoms with van der Waals surface area (Å²) in [5.74, 6) is 1.78. The zero-order chi connectivity index (χ0) is 33.1. The number of hydrogen-bond donors (Lipinski definition) is 0. The quantitative estimate of drug-likeness (QED) is 0.188. The van der Waals surface area contributed by atoms with Gasteiger partial charge in [0.25, 0.3) is 0 Å². The largest absolute Gasteiger partial charge is 0.456 e. The van der Waals surface area contributed by atoms with Crippen LogP contribution in [0.4, 0.5) is 0 Å². The predicted molar refractivity (Wildman–Crippen MR) is 196 cm³/mol. The monoisotopic (exact) mass is 635 g/mol. The summed E-state index contributed by atoms with van der Waals surface area (Å²) in [7, 11) is 3.59. The van der Waals surface area contributed by atoms with Crippen LogP contribution >= 0.6 is 0 Å². The molecule has 0 spiro atoms. The van der Waals surface area contributed by atoms with E-state index in [1.54, 1.807) is 23.2 Å². The molecule has 0 fully saturated rings. The Morgan fingerprint density at radius 2 is 0.959 bits per heavy atom. The Kier molecular flexibility index (Phi) is 6.59. The lowest BCUT2D eigenvalue weighted by Gasteiger charge is -2.10. The Bertz CT molecular complexity index is 2760. The molecule has 0 saturated heterocycles. The molecule has 6 aromatic carbocycles. The van der Waals surface area contributed by atoms with Gasteiger partial charge in [-0.25, -0.2) is 19.7 Å². The number of hydrogen-bond acceptors (Lipinski definition) is 5. The number of fused-ring (bicyclic) bond motifs is 4. The lowest BCUT2D eigenvalue weighted by atomic mass is 10.0. The molecular weight excluding hydrogens is 606 g/mol. The fraction of sp³-hybridized carbons (Fsp3) is 0.0476. The van der Waals surface area contributed by atoms with E-state index in [0.29, 0.717) is 17.5 Å². The molecule has 9 aromatic rings. The minimum atomic E-state index is -0.0484.